The van der Waals surface area contributed by atoms with Crippen molar-refractivity contribution in [2.75, 3.05) is 13.2 Å². The number of amides is 1. The highest BCUT2D eigenvalue weighted by Gasteiger charge is 2.23. The summed E-state index contributed by atoms with van der Waals surface area (Å²) in [6, 6.07) is 13.1. The van der Waals surface area contributed by atoms with E-state index < -0.39 is 0 Å². The molecule has 3 rings (SSSR count). The molecule has 0 aliphatic heterocycles. The molecular formula is C24H29N3O4. The van der Waals surface area contributed by atoms with Crippen molar-refractivity contribution in [1.82, 2.24) is 15.0 Å². The Balaban J connectivity index is 1.82. The molecule has 0 N–H and O–H groups in total. The van der Waals surface area contributed by atoms with Crippen molar-refractivity contribution < 1.29 is 18.8 Å². The maximum atomic E-state index is 13.3. The zero-order valence-electron chi connectivity index (χ0n) is 18.7. The summed E-state index contributed by atoms with van der Waals surface area (Å²) in [5, 5.41) is 4.08. The lowest BCUT2D eigenvalue weighted by molar-refractivity contribution is 0.0667. The van der Waals surface area contributed by atoms with Gasteiger partial charge >= 0.3 is 0 Å². The van der Waals surface area contributed by atoms with Crippen LogP contribution in [0, 0.1) is 6.92 Å². The number of hydrogen-bond donors (Lipinski definition) is 0. The third kappa shape index (κ3) is 5.42. The van der Waals surface area contributed by atoms with Crippen molar-refractivity contribution in [1.29, 1.82) is 0 Å². The van der Waals surface area contributed by atoms with E-state index in [0.29, 0.717) is 42.0 Å². The highest BCUT2D eigenvalue weighted by molar-refractivity contribution is 5.95. The van der Waals surface area contributed by atoms with E-state index in [9.17, 15) is 4.79 Å². The first kappa shape index (κ1) is 22.3. The predicted octanol–water partition coefficient (Wildman–Crippen LogP) is 4.89. The van der Waals surface area contributed by atoms with Crippen molar-refractivity contribution in [2.24, 2.45) is 0 Å². The molecule has 7 heteroatoms. The summed E-state index contributed by atoms with van der Waals surface area (Å²) in [5.74, 6) is 1.92. The van der Waals surface area contributed by atoms with Gasteiger partial charge in [-0.1, -0.05) is 28.9 Å². The van der Waals surface area contributed by atoms with Crippen LogP contribution in [0.1, 0.15) is 49.5 Å². The number of rotatable bonds is 9. The van der Waals surface area contributed by atoms with Gasteiger partial charge < -0.3 is 18.9 Å². The van der Waals surface area contributed by atoms with E-state index in [2.05, 4.69) is 10.1 Å². The van der Waals surface area contributed by atoms with E-state index in [1.807, 2.05) is 58.9 Å². The van der Waals surface area contributed by atoms with Crippen LogP contribution in [0.3, 0.4) is 0 Å². The summed E-state index contributed by atoms with van der Waals surface area (Å²) in [7, 11) is 0. The molecule has 0 atom stereocenters. The molecule has 0 unspecified atom stereocenters. The van der Waals surface area contributed by atoms with E-state index in [0.717, 1.165) is 11.1 Å². The number of aromatic nitrogens is 2. The Kier molecular flexibility index (Phi) is 7.28. The second kappa shape index (κ2) is 10.1. The average Bonchev–Trinajstić information content (AvgIpc) is 3.22. The van der Waals surface area contributed by atoms with E-state index in [1.54, 1.807) is 23.1 Å². The van der Waals surface area contributed by atoms with Gasteiger partial charge in [0.2, 0.25) is 11.7 Å². The second-order valence-electron chi connectivity index (χ2n) is 7.44. The van der Waals surface area contributed by atoms with Gasteiger partial charge in [-0.05, 0) is 58.9 Å². The van der Waals surface area contributed by atoms with Gasteiger partial charge in [0.25, 0.3) is 5.91 Å². The maximum Gasteiger partial charge on any atom is 0.254 e. The van der Waals surface area contributed by atoms with Gasteiger partial charge in [0.05, 0.1) is 13.2 Å². The van der Waals surface area contributed by atoms with Crippen molar-refractivity contribution in [3.05, 3.63) is 59.5 Å². The third-order valence-corrected chi connectivity index (χ3v) is 4.72. The lowest BCUT2D eigenvalue weighted by atomic mass is 10.1. The number of ether oxygens (including phenoxy) is 2. The molecule has 31 heavy (non-hydrogen) atoms. The fraction of sp³-hybridized carbons (Fsp3) is 0.375. The quantitative estimate of drug-likeness (QED) is 0.487. The minimum absolute atomic E-state index is 0.0658. The first-order valence-electron chi connectivity index (χ1n) is 10.5. The molecule has 0 fully saturated rings. The van der Waals surface area contributed by atoms with E-state index in [1.165, 1.54) is 0 Å². The molecule has 2 aromatic carbocycles. The van der Waals surface area contributed by atoms with Crippen LogP contribution in [0.5, 0.6) is 11.5 Å². The Bertz CT molecular complexity index is 1030. The lowest BCUT2D eigenvalue weighted by Crippen LogP contribution is -2.36. The molecule has 0 aliphatic rings. The van der Waals surface area contributed by atoms with Gasteiger partial charge in [-0.25, -0.2) is 0 Å². The van der Waals surface area contributed by atoms with Gasteiger partial charge in [0, 0.05) is 17.2 Å². The topological polar surface area (TPSA) is 77.7 Å². The average molecular weight is 424 g/mol. The number of aryl methyl sites for hydroxylation is 1. The SMILES string of the molecule is CCOc1ccc(C(=O)N(Cc2nc(-c3cccc(C)c3)no2)C(C)C)cc1OCC. The van der Waals surface area contributed by atoms with Gasteiger partial charge in [-0.3, -0.25) is 4.79 Å². The number of nitrogens with zero attached hydrogens (tertiary/aromatic N) is 3. The maximum absolute atomic E-state index is 13.3. The third-order valence-electron chi connectivity index (χ3n) is 4.72. The summed E-state index contributed by atoms with van der Waals surface area (Å²) < 4.78 is 16.7. The standard InChI is InChI=1S/C24H29N3O4/c1-6-29-20-12-11-19(14-21(20)30-7-2)24(28)27(16(3)4)15-22-25-23(26-31-22)18-10-8-9-17(5)13-18/h8-14,16H,6-7,15H2,1-5H3. The molecule has 1 heterocycles. The minimum atomic E-state index is -0.144. The van der Waals surface area contributed by atoms with Crippen molar-refractivity contribution in [2.45, 2.75) is 47.2 Å². The Morgan fingerprint density at radius 3 is 2.48 bits per heavy atom. The number of benzene rings is 2. The fourth-order valence-corrected chi connectivity index (χ4v) is 3.21. The van der Waals surface area contributed by atoms with Crippen LogP contribution in [0.25, 0.3) is 11.4 Å². The van der Waals surface area contributed by atoms with Gasteiger partial charge in [-0.2, -0.15) is 4.98 Å². The predicted molar refractivity (Wildman–Crippen MR) is 118 cm³/mol. The number of hydrogen-bond acceptors (Lipinski definition) is 6. The first-order chi connectivity index (χ1) is 14.9. The number of carbonyl (C=O) groups is 1. The molecule has 1 aromatic heterocycles. The summed E-state index contributed by atoms with van der Waals surface area (Å²) in [6.45, 7) is 10.9. The molecule has 164 valence electrons. The Hall–Kier alpha value is -3.35. The molecule has 3 aromatic rings. The summed E-state index contributed by atoms with van der Waals surface area (Å²) >= 11 is 0. The fourth-order valence-electron chi connectivity index (χ4n) is 3.21. The Morgan fingerprint density at radius 2 is 1.81 bits per heavy atom. The van der Waals surface area contributed by atoms with E-state index in [-0.39, 0.29) is 18.5 Å². The second-order valence-corrected chi connectivity index (χ2v) is 7.44. The van der Waals surface area contributed by atoms with Crippen LogP contribution in [0.2, 0.25) is 0 Å². The van der Waals surface area contributed by atoms with Crippen LogP contribution >= 0.6 is 0 Å². The highest BCUT2D eigenvalue weighted by atomic mass is 16.5. The molecule has 0 aliphatic carbocycles. The molecule has 0 spiro atoms. The minimum Gasteiger partial charge on any atom is -0.490 e. The highest BCUT2D eigenvalue weighted by Crippen LogP contribution is 2.29. The van der Waals surface area contributed by atoms with Gasteiger partial charge in [-0.15, -0.1) is 0 Å². The Labute approximate surface area is 183 Å². The largest absolute Gasteiger partial charge is 0.490 e. The molecule has 0 saturated carbocycles. The van der Waals surface area contributed by atoms with Gasteiger partial charge in [0.15, 0.2) is 11.5 Å². The molecule has 1 amide bonds. The Morgan fingerprint density at radius 1 is 1.06 bits per heavy atom. The van der Waals surface area contributed by atoms with Crippen LogP contribution in [-0.2, 0) is 6.54 Å². The zero-order chi connectivity index (χ0) is 22.4. The summed E-state index contributed by atoms with van der Waals surface area (Å²) in [4.78, 5) is 19.5. The molecule has 0 saturated heterocycles. The summed E-state index contributed by atoms with van der Waals surface area (Å²) in [5.41, 5.74) is 2.51. The molecular weight excluding hydrogens is 394 g/mol. The molecule has 0 radical (unpaired) electrons. The van der Waals surface area contributed by atoms with Crippen molar-refractivity contribution in [3.63, 3.8) is 0 Å². The van der Waals surface area contributed by atoms with Crippen LogP contribution < -0.4 is 9.47 Å². The summed E-state index contributed by atoms with van der Waals surface area (Å²) in [6.07, 6.45) is 0. The number of carbonyl (C=O) groups excluding carboxylic acids is 1. The zero-order valence-corrected chi connectivity index (χ0v) is 18.7. The van der Waals surface area contributed by atoms with Crippen LogP contribution in [0.4, 0.5) is 0 Å². The molecule has 0 bridgehead atoms. The first-order valence-corrected chi connectivity index (χ1v) is 10.5. The van der Waals surface area contributed by atoms with Crippen LogP contribution in [-0.4, -0.2) is 40.2 Å². The molecule has 7 nitrogen and oxygen atoms in total. The van der Waals surface area contributed by atoms with Crippen molar-refractivity contribution in [3.8, 4) is 22.9 Å². The van der Waals surface area contributed by atoms with E-state index >= 15 is 0 Å². The monoisotopic (exact) mass is 423 g/mol. The van der Waals surface area contributed by atoms with Crippen molar-refractivity contribution >= 4 is 5.91 Å². The van der Waals surface area contributed by atoms with E-state index in [4.69, 9.17) is 14.0 Å². The lowest BCUT2D eigenvalue weighted by Gasteiger charge is -2.25. The van der Waals surface area contributed by atoms with Crippen LogP contribution in [0.15, 0.2) is 47.0 Å². The smallest absolute Gasteiger partial charge is 0.254 e. The van der Waals surface area contributed by atoms with Gasteiger partial charge in [0.1, 0.15) is 6.54 Å². The normalized spacial score (nSPS) is 10.9.